The van der Waals surface area contributed by atoms with E-state index >= 15 is 0 Å². The predicted octanol–water partition coefficient (Wildman–Crippen LogP) is 1.24. The van der Waals surface area contributed by atoms with E-state index in [1.807, 2.05) is 50.2 Å². The molecule has 4 N–H and O–H groups in total. The standard InChI is InChI=1S/C25H32O8/c1-14-9-15(2)19(11-16-3-5-17(6-4-16)31-18-7-8-30-13-18)20(10-14)32-25-24(29)23(28)22(27)21(12-26)33-25/h3-6,9-10,18,21-29H,7-8,11-13H2,1-2H3/t18-,21+,22+,23-,24+,25?/m0/s1. The second-order valence-electron chi connectivity index (χ2n) is 8.80. The van der Waals surface area contributed by atoms with Crippen LogP contribution < -0.4 is 9.47 Å². The Labute approximate surface area is 193 Å². The van der Waals surface area contributed by atoms with Gasteiger partial charge in [0.1, 0.15) is 42.0 Å². The zero-order valence-corrected chi connectivity index (χ0v) is 18.9. The van der Waals surface area contributed by atoms with E-state index in [4.69, 9.17) is 18.9 Å². The van der Waals surface area contributed by atoms with Crippen molar-refractivity contribution in [2.45, 2.75) is 63.5 Å². The van der Waals surface area contributed by atoms with Crippen molar-refractivity contribution < 1.29 is 39.4 Å². The van der Waals surface area contributed by atoms with Crippen molar-refractivity contribution in [2.75, 3.05) is 19.8 Å². The predicted molar refractivity (Wildman–Crippen MR) is 119 cm³/mol. The van der Waals surface area contributed by atoms with Crippen LogP contribution in [0.1, 0.15) is 28.7 Å². The number of ether oxygens (including phenoxy) is 4. The highest BCUT2D eigenvalue weighted by Gasteiger charge is 2.44. The van der Waals surface area contributed by atoms with Crippen LogP contribution in [0.2, 0.25) is 0 Å². The molecule has 0 bridgehead atoms. The molecule has 6 atom stereocenters. The molecule has 2 fully saturated rings. The highest BCUT2D eigenvalue weighted by Crippen LogP contribution is 2.31. The zero-order chi connectivity index (χ0) is 23.5. The molecular weight excluding hydrogens is 428 g/mol. The molecule has 4 rings (SSSR count). The summed E-state index contributed by atoms with van der Waals surface area (Å²) in [4.78, 5) is 0. The average molecular weight is 461 g/mol. The molecule has 2 aromatic carbocycles. The van der Waals surface area contributed by atoms with E-state index in [-0.39, 0.29) is 6.10 Å². The summed E-state index contributed by atoms with van der Waals surface area (Å²) in [6.07, 6.45) is -5.09. The number of rotatable bonds is 7. The normalized spacial score (nSPS) is 29.8. The zero-order valence-electron chi connectivity index (χ0n) is 18.9. The van der Waals surface area contributed by atoms with Gasteiger partial charge in [0.05, 0.1) is 19.8 Å². The summed E-state index contributed by atoms with van der Waals surface area (Å²) >= 11 is 0. The maximum absolute atomic E-state index is 10.4. The fourth-order valence-electron chi connectivity index (χ4n) is 4.27. The molecular formula is C25H32O8. The van der Waals surface area contributed by atoms with E-state index in [2.05, 4.69) is 0 Å². The van der Waals surface area contributed by atoms with Crippen LogP contribution in [-0.4, -0.2) is 77.1 Å². The van der Waals surface area contributed by atoms with Crippen LogP contribution in [0.4, 0.5) is 0 Å². The van der Waals surface area contributed by atoms with Gasteiger partial charge in [0.2, 0.25) is 6.29 Å². The summed E-state index contributed by atoms with van der Waals surface area (Å²) in [5.74, 6) is 1.31. The number of hydrogen-bond donors (Lipinski definition) is 4. The monoisotopic (exact) mass is 460 g/mol. The van der Waals surface area contributed by atoms with Gasteiger partial charge in [0.15, 0.2) is 0 Å². The Bertz CT molecular complexity index is 923. The van der Waals surface area contributed by atoms with Gasteiger partial charge in [-0.05, 0) is 48.7 Å². The SMILES string of the molecule is Cc1cc(C)c(Cc2ccc(O[C@H]3CCOC3)cc2)c(OC2O[C@H](CO)[C@@H](O)[C@H](O)[C@H]2O)c1. The van der Waals surface area contributed by atoms with Gasteiger partial charge in [0.25, 0.3) is 0 Å². The summed E-state index contributed by atoms with van der Waals surface area (Å²) in [7, 11) is 0. The number of hydrogen-bond acceptors (Lipinski definition) is 8. The lowest BCUT2D eigenvalue weighted by atomic mass is 9.97. The minimum atomic E-state index is -1.49. The lowest BCUT2D eigenvalue weighted by molar-refractivity contribution is -0.277. The van der Waals surface area contributed by atoms with Gasteiger partial charge in [-0.2, -0.15) is 0 Å². The number of benzene rings is 2. The Hall–Kier alpha value is -2.20. The Kier molecular flexibility index (Phi) is 7.53. The number of aliphatic hydroxyl groups is 4. The first-order valence-electron chi connectivity index (χ1n) is 11.3. The lowest BCUT2D eigenvalue weighted by Crippen LogP contribution is -2.60. The van der Waals surface area contributed by atoms with Crippen molar-refractivity contribution in [3.05, 3.63) is 58.7 Å². The fourth-order valence-corrected chi connectivity index (χ4v) is 4.27. The summed E-state index contributed by atoms with van der Waals surface area (Å²) in [6, 6.07) is 11.8. The molecule has 1 unspecified atom stereocenters. The van der Waals surface area contributed by atoms with Crippen molar-refractivity contribution in [2.24, 2.45) is 0 Å². The largest absolute Gasteiger partial charge is 0.488 e. The van der Waals surface area contributed by atoms with Gasteiger partial charge in [-0.25, -0.2) is 0 Å². The van der Waals surface area contributed by atoms with Crippen molar-refractivity contribution in [3.8, 4) is 11.5 Å². The van der Waals surface area contributed by atoms with Crippen LogP contribution in [0, 0.1) is 13.8 Å². The van der Waals surface area contributed by atoms with Crippen molar-refractivity contribution in [3.63, 3.8) is 0 Å². The van der Waals surface area contributed by atoms with E-state index in [0.29, 0.717) is 18.8 Å². The van der Waals surface area contributed by atoms with Crippen LogP contribution in [0.15, 0.2) is 36.4 Å². The first-order chi connectivity index (χ1) is 15.9. The molecule has 0 saturated carbocycles. The highest BCUT2D eigenvalue weighted by molar-refractivity contribution is 5.46. The van der Waals surface area contributed by atoms with Gasteiger partial charge in [-0.3, -0.25) is 0 Å². The topological polar surface area (TPSA) is 118 Å². The van der Waals surface area contributed by atoms with Crippen molar-refractivity contribution in [1.82, 2.24) is 0 Å². The Morgan fingerprint density at radius 3 is 2.39 bits per heavy atom. The van der Waals surface area contributed by atoms with E-state index in [9.17, 15) is 20.4 Å². The van der Waals surface area contributed by atoms with Crippen LogP contribution in [0.25, 0.3) is 0 Å². The van der Waals surface area contributed by atoms with Gasteiger partial charge in [-0.1, -0.05) is 18.2 Å². The number of aryl methyl sites for hydroxylation is 2. The van der Waals surface area contributed by atoms with Crippen LogP contribution in [0.5, 0.6) is 11.5 Å². The summed E-state index contributed by atoms with van der Waals surface area (Å²) < 4.78 is 22.8. The molecule has 2 aliphatic heterocycles. The van der Waals surface area contributed by atoms with Crippen molar-refractivity contribution >= 4 is 0 Å². The minimum absolute atomic E-state index is 0.0914. The van der Waals surface area contributed by atoms with Gasteiger partial charge in [0, 0.05) is 18.4 Å². The lowest BCUT2D eigenvalue weighted by Gasteiger charge is -2.39. The Morgan fingerprint density at radius 2 is 1.73 bits per heavy atom. The molecule has 2 aromatic rings. The van der Waals surface area contributed by atoms with E-state index in [0.717, 1.165) is 41.0 Å². The summed E-state index contributed by atoms with van der Waals surface area (Å²) in [5, 5.41) is 40.0. The molecule has 2 saturated heterocycles. The molecule has 0 aromatic heterocycles. The molecule has 2 heterocycles. The van der Waals surface area contributed by atoms with Crippen LogP contribution in [0.3, 0.4) is 0 Å². The maximum Gasteiger partial charge on any atom is 0.229 e. The third-order valence-corrected chi connectivity index (χ3v) is 6.16. The van der Waals surface area contributed by atoms with E-state index < -0.39 is 37.3 Å². The first kappa shape index (κ1) is 23.9. The minimum Gasteiger partial charge on any atom is -0.488 e. The van der Waals surface area contributed by atoms with Gasteiger partial charge >= 0.3 is 0 Å². The molecule has 2 aliphatic rings. The third kappa shape index (κ3) is 5.48. The molecule has 0 amide bonds. The molecule has 0 spiro atoms. The molecule has 180 valence electrons. The maximum atomic E-state index is 10.4. The van der Waals surface area contributed by atoms with Gasteiger partial charge < -0.3 is 39.4 Å². The molecule has 33 heavy (non-hydrogen) atoms. The molecule has 0 radical (unpaired) electrons. The Balaban J connectivity index is 1.52. The fraction of sp³-hybridized carbons (Fsp3) is 0.520. The van der Waals surface area contributed by atoms with Crippen molar-refractivity contribution in [1.29, 1.82) is 0 Å². The van der Waals surface area contributed by atoms with E-state index in [1.54, 1.807) is 0 Å². The quantitative estimate of drug-likeness (QED) is 0.488. The van der Waals surface area contributed by atoms with E-state index in [1.165, 1.54) is 0 Å². The Morgan fingerprint density at radius 1 is 0.970 bits per heavy atom. The van der Waals surface area contributed by atoms with Crippen LogP contribution >= 0.6 is 0 Å². The highest BCUT2D eigenvalue weighted by atomic mass is 16.7. The average Bonchev–Trinajstić information content (AvgIpc) is 3.30. The van der Waals surface area contributed by atoms with Gasteiger partial charge in [-0.15, -0.1) is 0 Å². The second-order valence-corrected chi connectivity index (χ2v) is 8.80. The second kappa shape index (κ2) is 10.4. The van der Waals surface area contributed by atoms with Crippen LogP contribution in [-0.2, 0) is 15.9 Å². The number of aliphatic hydroxyl groups excluding tert-OH is 4. The smallest absolute Gasteiger partial charge is 0.229 e. The summed E-state index contributed by atoms with van der Waals surface area (Å²) in [5.41, 5.74) is 3.95. The molecule has 8 nitrogen and oxygen atoms in total. The third-order valence-electron chi connectivity index (χ3n) is 6.16. The summed E-state index contributed by atoms with van der Waals surface area (Å²) in [6.45, 7) is 4.76. The molecule has 0 aliphatic carbocycles. The first-order valence-corrected chi connectivity index (χ1v) is 11.3. The molecule has 8 heteroatoms.